The molecule has 1 unspecified atom stereocenters. The number of carbonyl (C=O) groups is 3. The van der Waals surface area contributed by atoms with Gasteiger partial charge in [0, 0.05) is 51.8 Å². The molecule has 1 aromatic rings. The molecule has 3 aliphatic rings. The standard InChI is InChI=1S/C19H27N7O3/c1-23-8-10-25(11-9-23)16(28)12-20-14-5-3-4-13-17(14)24(2)22-18(13)26-7-6-15(27)21-19(26)29/h3-5,18,20,22H,6-12H2,1-2H3,(H,21,27,29). The number of urea groups is 1. The number of likely N-dealkylation sites (N-methyl/N-ethyl adjacent to an activating group) is 1. The Bertz CT molecular complexity index is 822. The predicted octanol–water partition coefficient (Wildman–Crippen LogP) is -0.233. The van der Waals surface area contributed by atoms with Crippen molar-refractivity contribution in [2.24, 2.45) is 0 Å². The van der Waals surface area contributed by atoms with Crippen molar-refractivity contribution in [3.05, 3.63) is 23.8 Å². The van der Waals surface area contributed by atoms with Gasteiger partial charge in [-0.3, -0.25) is 14.9 Å². The summed E-state index contributed by atoms with van der Waals surface area (Å²) >= 11 is 0. The minimum atomic E-state index is -0.399. The van der Waals surface area contributed by atoms with Crippen molar-refractivity contribution >= 4 is 29.2 Å². The van der Waals surface area contributed by atoms with E-state index >= 15 is 0 Å². The van der Waals surface area contributed by atoms with Crippen LogP contribution in [0.3, 0.4) is 0 Å². The van der Waals surface area contributed by atoms with Crippen LogP contribution in [0.5, 0.6) is 0 Å². The Morgan fingerprint density at radius 3 is 2.62 bits per heavy atom. The van der Waals surface area contributed by atoms with Crippen LogP contribution in [0.25, 0.3) is 0 Å². The zero-order chi connectivity index (χ0) is 20.5. The average molecular weight is 401 g/mol. The van der Waals surface area contributed by atoms with Gasteiger partial charge in [0.15, 0.2) is 0 Å². The molecule has 0 bridgehead atoms. The van der Waals surface area contributed by atoms with Crippen molar-refractivity contribution in [1.82, 2.24) is 25.4 Å². The second kappa shape index (κ2) is 7.88. The molecule has 1 aromatic carbocycles. The van der Waals surface area contributed by atoms with Crippen LogP contribution in [-0.4, -0.2) is 85.9 Å². The first kappa shape index (κ1) is 19.5. The fourth-order valence-electron chi connectivity index (χ4n) is 4.02. The monoisotopic (exact) mass is 401 g/mol. The average Bonchev–Trinajstić information content (AvgIpc) is 3.04. The van der Waals surface area contributed by atoms with E-state index in [-0.39, 0.29) is 30.9 Å². The Hall–Kier alpha value is -2.85. The minimum absolute atomic E-state index is 0.0785. The summed E-state index contributed by atoms with van der Waals surface area (Å²) in [5.74, 6) is -0.176. The third-order valence-electron chi connectivity index (χ3n) is 5.70. The van der Waals surface area contributed by atoms with Gasteiger partial charge in [-0.15, -0.1) is 0 Å². The van der Waals surface area contributed by atoms with Crippen LogP contribution in [0, 0.1) is 0 Å². The van der Waals surface area contributed by atoms with Crippen LogP contribution >= 0.6 is 0 Å². The molecule has 10 heteroatoms. The number of hydrazine groups is 1. The molecule has 10 nitrogen and oxygen atoms in total. The Morgan fingerprint density at radius 1 is 1.14 bits per heavy atom. The number of para-hydroxylation sites is 1. The second-order valence-electron chi connectivity index (χ2n) is 7.67. The molecule has 1 atom stereocenters. The molecule has 2 fully saturated rings. The summed E-state index contributed by atoms with van der Waals surface area (Å²) in [6.07, 6.45) is -0.0846. The molecule has 0 radical (unpaired) electrons. The first-order chi connectivity index (χ1) is 13.9. The normalized spacial score (nSPS) is 22.6. The molecule has 0 aromatic heterocycles. The van der Waals surface area contributed by atoms with Crippen molar-refractivity contribution in [3.63, 3.8) is 0 Å². The maximum absolute atomic E-state index is 12.6. The highest BCUT2D eigenvalue weighted by Gasteiger charge is 2.37. The largest absolute Gasteiger partial charge is 0.374 e. The minimum Gasteiger partial charge on any atom is -0.374 e. The van der Waals surface area contributed by atoms with Gasteiger partial charge >= 0.3 is 6.03 Å². The number of nitrogens with one attached hydrogen (secondary N) is 3. The molecule has 4 rings (SSSR count). The van der Waals surface area contributed by atoms with E-state index in [9.17, 15) is 14.4 Å². The van der Waals surface area contributed by atoms with Crippen molar-refractivity contribution < 1.29 is 14.4 Å². The smallest absolute Gasteiger partial charge is 0.325 e. The number of fused-ring (bicyclic) bond motifs is 1. The first-order valence-corrected chi connectivity index (χ1v) is 9.87. The molecular weight excluding hydrogens is 374 g/mol. The SMILES string of the molecule is CN1CCN(C(=O)CNc2cccc3c2N(C)NC3N2CCC(=O)NC2=O)CC1. The molecule has 0 aliphatic carbocycles. The fourth-order valence-corrected chi connectivity index (χ4v) is 4.02. The van der Waals surface area contributed by atoms with Gasteiger partial charge in [-0.1, -0.05) is 12.1 Å². The lowest BCUT2D eigenvalue weighted by Crippen LogP contribution is -2.53. The lowest BCUT2D eigenvalue weighted by molar-refractivity contribution is -0.130. The Labute approximate surface area is 169 Å². The molecular formula is C19H27N7O3. The zero-order valence-corrected chi connectivity index (χ0v) is 16.8. The van der Waals surface area contributed by atoms with Gasteiger partial charge in [-0.2, -0.15) is 0 Å². The molecule has 29 heavy (non-hydrogen) atoms. The number of amides is 4. The fraction of sp³-hybridized carbons (Fsp3) is 0.526. The molecule has 0 spiro atoms. The van der Waals surface area contributed by atoms with Gasteiger partial charge in [-0.25, -0.2) is 10.2 Å². The van der Waals surface area contributed by atoms with Gasteiger partial charge in [0.25, 0.3) is 0 Å². The number of anilines is 2. The first-order valence-electron chi connectivity index (χ1n) is 9.87. The summed E-state index contributed by atoms with van der Waals surface area (Å²) in [4.78, 5) is 42.0. The molecule has 156 valence electrons. The number of benzene rings is 1. The van der Waals surface area contributed by atoms with Crippen molar-refractivity contribution in [2.45, 2.75) is 12.6 Å². The second-order valence-corrected chi connectivity index (χ2v) is 7.67. The lowest BCUT2D eigenvalue weighted by Gasteiger charge is -2.32. The summed E-state index contributed by atoms with van der Waals surface area (Å²) in [6, 6.07) is 5.38. The number of piperazine rings is 1. The zero-order valence-electron chi connectivity index (χ0n) is 16.8. The number of hydrogen-bond donors (Lipinski definition) is 3. The van der Waals surface area contributed by atoms with E-state index in [4.69, 9.17) is 0 Å². The van der Waals surface area contributed by atoms with Gasteiger partial charge in [0.05, 0.1) is 17.9 Å². The summed E-state index contributed by atoms with van der Waals surface area (Å²) in [6.45, 7) is 3.85. The number of imide groups is 1. The summed E-state index contributed by atoms with van der Waals surface area (Å²) in [5.41, 5.74) is 5.93. The molecule has 3 aliphatic heterocycles. The summed E-state index contributed by atoms with van der Waals surface area (Å²) in [7, 11) is 3.93. The van der Waals surface area contributed by atoms with Crippen LogP contribution in [0.1, 0.15) is 18.2 Å². The maximum atomic E-state index is 12.6. The van der Waals surface area contributed by atoms with Crippen molar-refractivity contribution in [1.29, 1.82) is 0 Å². The molecule has 3 N–H and O–H groups in total. The summed E-state index contributed by atoms with van der Waals surface area (Å²) < 4.78 is 0. The summed E-state index contributed by atoms with van der Waals surface area (Å²) in [5, 5.41) is 7.49. The van der Waals surface area contributed by atoms with E-state index in [0.29, 0.717) is 6.54 Å². The highest BCUT2D eigenvalue weighted by atomic mass is 16.2. The molecule has 2 saturated heterocycles. The van der Waals surface area contributed by atoms with E-state index in [2.05, 4.69) is 28.0 Å². The lowest BCUT2D eigenvalue weighted by atomic mass is 10.1. The van der Waals surface area contributed by atoms with E-state index in [1.165, 1.54) is 0 Å². The topological polar surface area (TPSA) is 100 Å². The highest BCUT2D eigenvalue weighted by Crippen LogP contribution is 2.39. The van der Waals surface area contributed by atoms with Crippen molar-refractivity contribution in [2.75, 3.05) is 63.7 Å². The van der Waals surface area contributed by atoms with Gasteiger partial charge < -0.3 is 25.0 Å². The number of rotatable bonds is 4. The Morgan fingerprint density at radius 2 is 1.90 bits per heavy atom. The quantitative estimate of drug-likeness (QED) is 0.641. The third-order valence-corrected chi connectivity index (χ3v) is 5.70. The molecule has 3 heterocycles. The van der Waals surface area contributed by atoms with Gasteiger partial charge in [-0.05, 0) is 13.1 Å². The van der Waals surface area contributed by atoms with Crippen LogP contribution in [-0.2, 0) is 9.59 Å². The van der Waals surface area contributed by atoms with E-state index in [1.54, 1.807) is 4.90 Å². The predicted molar refractivity (Wildman–Crippen MR) is 108 cm³/mol. The van der Waals surface area contributed by atoms with Crippen LogP contribution in [0.15, 0.2) is 18.2 Å². The van der Waals surface area contributed by atoms with Crippen molar-refractivity contribution in [3.8, 4) is 0 Å². The Kier molecular flexibility index (Phi) is 5.29. The molecule has 0 saturated carbocycles. The van der Waals surface area contributed by atoms with E-state index in [0.717, 1.165) is 43.1 Å². The molecule has 4 amide bonds. The van der Waals surface area contributed by atoms with Gasteiger partial charge in [0.1, 0.15) is 6.17 Å². The number of nitrogens with zero attached hydrogens (tertiary/aromatic N) is 4. The van der Waals surface area contributed by atoms with Gasteiger partial charge in [0.2, 0.25) is 11.8 Å². The van der Waals surface area contributed by atoms with E-state index in [1.807, 2.05) is 35.2 Å². The number of carbonyl (C=O) groups excluding carboxylic acids is 3. The van der Waals surface area contributed by atoms with Crippen LogP contribution in [0.2, 0.25) is 0 Å². The maximum Gasteiger partial charge on any atom is 0.325 e. The highest BCUT2D eigenvalue weighted by molar-refractivity contribution is 5.97. The van der Waals surface area contributed by atoms with Crippen LogP contribution < -0.4 is 21.1 Å². The van der Waals surface area contributed by atoms with Crippen LogP contribution in [0.4, 0.5) is 16.2 Å². The number of hydrogen-bond acceptors (Lipinski definition) is 7. The third kappa shape index (κ3) is 3.85. The Balaban J connectivity index is 1.47. The van der Waals surface area contributed by atoms with E-state index < -0.39 is 6.03 Å².